The third kappa shape index (κ3) is 3.00. The molecule has 1 aromatic heterocycles. The van der Waals surface area contributed by atoms with Gasteiger partial charge in [0.05, 0.1) is 12.5 Å². The maximum Gasteiger partial charge on any atom is 0.230 e. The summed E-state index contributed by atoms with van der Waals surface area (Å²) in [6.45, 7) is 4.40. The fourth-order valence-corrected chi connectivity index (χ4v) is 2.86. The third-order valence-corrected chi connectivity index (χ3v) is 4.44. The van der Waals surface area contributed by atoms with Gasteiger partial charge in [-0.15, -0.1) is 0 Å². The standard InChI is InChI=1S/C20H22N2O2/c1-20(2,17-13-21-18-7-5-4-6-16(17)18)19(23)22-12-14-8-10-15(24-3)11-9-14/h4-11,13,21H,12H2,1-3H3,(H,22,23). The van der Waals surface area contributed by atoms with Crippen molar-refractivity contribution in [1.29, 1.82) is 0 Å². The molecule has 0 saturated carbocycles. The molecule has 4 heteroatoms. The van der Waals surface area contributed by atoms with Gasteiger partial charge in [0, 0.05) is 23.6 Å². The van der Waals surface area contributed by atoms with Crippen molar-refractivity contribution >= 4 is 16.8 Å². The number of methoxy groups -OCH3 is 1. The van der Waals surface area contributed by atoms with Gasteiger partial charge in [-0.2, -0.15) is 0 Å². The second-order valence-electron chi connectivity index (χ2n) is 6.40. The Balaban J connectivity index is 1.75. The lowest BCUT2D eigenvalue weighted by Gasteiger charge is -2.23. The van der Waals surface area contributed by atoms with Crippen molar-refractivity contribution in [2.45, 2.75) is 25.8 Å². The lowest BCUT2D eigenvalue weighted by atomic mass is 9.83. The Morgan fingerprint density at radius 2 is 1.83 bits per heavy atom. The number of carbonyl (C=O) groups is 1. The van der Waals surface area contributed by atoms with Crippen LogP contribution < -0.4 is 10.1 Å². The molecule has 0 aliphatic carbocycles. The molecule has 0 fully saturated rings. The van der Waals surface area contributed by atoms with E-state index >= 15 is 0 Å². The maximum absolute atomic E-state index is 12.8. The minimum Gasteiger partial charge on any atom is -0.497 e. The van der Waals surface area contributed by atoms with Crippen LogP contribution in [0.2, 0.25) is 0 Å². The first-order valence-electron chi connectivity index (χ1n) is 8.00. The van der Waals surface area contributed by atoms with Crippen LogP contribution >= 0.6 is 0 Å². The number of nitrogens with one attached hydrogen (secondary N) is 2. The zero-order valence-corrected chi connectivity index (χ0v) is 14.2. The van der Waals surface area contributed by atoms with Crippen LogP contribution in [0.3, 0.4) is 0 Å². The molecule has 124 valence electrons. The van der Waals surface area contributed by atoms with E-state index in [1.165, 1.54) is 0 Å². The summed E-state index contributed by atoms with van der Waals surface area (Å²) < 4.78 is 5.15. The van der Waals surface area contributed by atoms with Crippen molar-refractivity contribution in [3.8, 4) is 5.75 Å². The van der Waals surface area contributed by atoms with Crippen molar-refractivity contribution in [3.05, 3.63) is 65.9 Å². The highest BCUT2D eigenvalue weighted by Gasteiger charge is 2.31. The van der Waals surface area contributed by atoms with E-state index in [4.69, 9.17) is 4.74 Å². The van der Waals surface area contributed by atoms with Gasteiger partial charge in [0.25, 0.3) is 0 Å². The quantitative estimate of drug-likeness (QED) is 0.751. The minimum atomic E-state index is -0.619. The minimum absolute atomic E-state index is 0.00284. The molecule has 0 atom stereocenters. The molecule has 3 aromatic rings. The number of hydrogen-bond acceptors (Lipinski definition) is 2. The summed E-state index contributed by atoms with van der Waals surface area (Å²) in [4.78, 5) is 16.0. The number of aromatic nitrogens is 1. The van der Waals surface area contributed by atoms with E-state index < -0.39 is 5.41 Å². The number of fused-ring (bicyclic) bond motifs is 1. The number of carbonyl (C=O) groups excluding carboxylic acids is 1. The number of benzene rings is 2. The second-order valence-corrected chi connectivity index (χ2v) is 6.40. The number of aromatic amines is 1. The fraction of sp³-hybridized carbons (Fsp3) is 0.250. The zero-order chi connectivity index (χ0) is 17.2. The van der Waals surface area contributed by atoms with Gasteiger partial charge in [-0.3, -0.25) is 4.79 Å². The summed E-state index contributed by atoms with van der Waals surface area (Å²) in [5.41, 5.74) is 2.47. The smallest absolute Gasteiger partial charge is 0.230 e. The molecule has 1 amide bonds. The van der Waals surface area contributed by atoms with E-state index in [9.17, 15) is 4.79 Å². The van der Waals surface area contributed by atoms with Gasteiger partial charge in [-0.1, -0.05) is 30.3 Å². The summed E-state index contributed by atoms with van der Waals surface area (Å²) >= 11 is 0. The Labute approximate surface area is 141 Å². The Hall–Kier alpha value is -2.75. The van der Waals surface area contributed by atoms with Gasteiger partial charge >= 0.3 is 0 Å². The van der Waals surface area contributed by atoms with Gasteiger partial charge in [0.2, 0.25) is 5.91 Å². The lowest BCUT2D eigenvalue weighted by Crippen LogP contribution is -2.39. The number of para-hydroxylation sites is 1. The SMILES string of the molecule is COc1ccc(CNC(=O)C(C)(C)c2c[nH]c3ccccc23)cc1. The summed E-state index contributed by atoms with van der Waals surface area (Å²) in [5.74, 6) is 0.812. The van der Waals surface area contributed by atoms with Gasteiger partial charge < -0.3 is 15.0 Å². The van der Waals surface area contributed by atoms with Crippen LogP contribution in [0.15, 0.2) is 54.7 Å². The lowest BCUT2D eigenvalue weighted by molar-refractivity contribution is -0.125. The number of H-pyrrole nitrogens is 1. The highest BCUT2D eigenvalue weighted by atomic mass is 16.5. The van der Waals surface area contributed by atoms with E-state index in [0.29, 0.717) is 6.54 Å². The summed E-state index contributed by atoms with van der Waals surface area (Å²) in [6, 6.07) is 15.7. The maximum atomic E-state index is 12.8. The molecule has 0 aliphatic rings. The molecular formula is C20H22N2O2. The van der Waals surface area contributed by atoms with Crippen molar-refractivity contribution in [2.24, 2.45) is 0 Å². The van der Waals surface area contributed by atoms with Crippen LogP contribution in [0.4, 0.5) is 0 Å². The van der Waals surface area contributed by atoms with Gasteiger partial charge in [-0.05, 0) is 43.2 Å². The highest BCUT2D eigenvalue weighted by Crippen LogP contribution is 2.30. The number of rotatable bonds is 5. The molecule has 0 bridgehead atoms. The zero-order valence-electron chi connectivity index (χ0n) is 14.2. The molecule has 2 aromatic carbocycles. The summed E-state index contributed by atoms with van der Waals surface area (Å²) in [6.07, 6.45) is 1.93. The van der Waals surface area contributed by atoms with Crippen molar-refractivity contribution in [1.82, 2.24) is 10.3 Å². The third-order valence-electron chi connectivity index (χ3n) is 4.44. The average molecular weight is 322 g/mol. The normalized spacial score (nSPS) is 11.5. The summed E-state index contributed by atoms with van der Waals surface area (Å²) in [7, 11) is 1.64. The highest BCUT2D eigenvalue weighted by molar-refractivity contribution is 5.94. The molecule has 0 aliphatic heterocycles. The van der Waals surface area contributed by atoms with E-state index in [-0.39, 0.29) is 5.91 Å². The van der Waals surface area contributed by atoms with Gasteiger partial charge in [0.15, 0.2) is 0 Å². The molecule has 0 unspecified atom stereocenters. The second kappa shape index (κ2) is 6.40. The number of hydrogen-bond donors (Lipinski definition) is 2. The van der Waals surface area contributed by atoms with E-state index in [1.54, 1.807) is 7.11 Å². The van der Waals surface area contributed by atoms with Crippen molar-refractivity contribution in [3.63, 3.8) is 0 Å². The van der Waals surface area contributed by atoms with Crippen molar-refractivity contribution in [2.75, 3.05) is 7.11 Å². The molecule has 0 spiro atoms. The molecule has 2 N–H and O–H groups in total. The molecular weight excluding hydrogens is 300 g/mol. The molecule has 1 heterocycles. The van der Waals surface area contributed by atoms with E-state index in [1.807, 2.05) is 68.6 Å². The Bertz CT molecular complexity index is 847. The Morgan fingerprint density at radius 3 is 2.54 bits per heavy atom. The number of amides is 1. The summed E-state index contributed by atoms with van der Waals surface area (Å²) in [5, 5.41) is 4.12. The molecule has 3 rings (SSSR count). The van der Waals surface area contributed by atoms with Crippen molar-refractivity contribution < 1.29 is 9.53 Å². The van der Waals surface area contributed by atoms with Gasteiger partial charge in [0.1, 0.15) is 5.75 Å². The molecule has 4 nitrogen and oxygen atoms in total. The van der Waals surface area contributed by atoms with Crippen LogP contribution in [0.25, 0.3) is 10.9 Å². The predicted octanol–water partition coefficient (Wildman–Crippen LogP) is 3.77. The first-order chi connectivity index (χ1) is 11.5. The van der Waals surface area contributed by atoms with Crippen LogP contribution in [0.5, 0.6) is 5.75 Å². The van der Waals surface area contributed by atoms with Crippen LogP contribution in [0.1, 0.15) is 25.0 Å². The number of ether oxygens (including phenoxy) is 1. The monoisotopic (exact) mass is 322 g/mol. The average Bonchev–Trinajstić information content (AvgIpc) is 3.05. The van der Waals surface area contributed by atoms with Crippen LogP contribution in [-0.2, 0) is 16.8 Å². The van der Waals surface area contributed by atoms with E-state index in [2.05, 4.69) is 10.3 Å². The fourth-order valence-electron chi connectivity index (χ4n) is 2.86. The van der Waals surface area contributed by atoms with E-state index in [0.717, 1.165) is 27.8 Å². The Kier molecular flexibility index (Phi) is 4.30. The van der Waals surface area contributed by atoms with Crippen LogP contribution in [-0.4, -0.2) is 18.0 Å². The predicted molar refractivity (Wildman–Crippen MR) is 96.2 cm³/mol. The largest absolute Gasteiger partial charge is 0.497 e. The molecule has 0 saturated heterocycles. The van der Waals surface area contributed by atoms with Gasteiger partial charge in [-0.25, -0.2) is 0 Å². The Morgan fingerprint density at radius 1 is 1.12 bits per heavy atom. The molecule has 24 heavy (non-hydrogen) atoms. The first-order valence-corrected chi connectivity index (χ1v) is 8.00. The molecule has 0 radical (unpaired) electrons. The first kappa shape index (κ1) is 16.1. The topological polar surface area (TPSA) is 54.1 Å². The van der Waals surface area contributed by atoms with Crippen LogP contribution in [0, 0.1) is 0 Å².